The Bertz CT molecular complexity index is 1110. The average molecular weight is 551 g/mol. The second kappa shape index (κ2) is 14.9. The first-order valence-electron chi connectivity index (χ1n) is 12.1. The standard InChI is InChI=1S/C24H32N2O5S.C2H2O4/c1-5-31-24(28)22-18(17-6-7-19(29-3)20(14-17)30-4)15-32-23(22)25-21(27)10-13-26-11-8-16(2)9-12-26;3-1(4)2(5)6/h6-7,14-16H,5,8-13H2,1-4H3,(H,25,27);(H,3,4)(H,5,6). The van der Waals surface area contributed by atoms with Crippen LogP contribution in [0.4, 0.5) is 5.00 Å². The minimum absolute atomic E-state index is 0.102. The SMILES string of the molecule is CCOC(=O)c1c(-c2ccc(OC)c(OC)c2)csc1NC(=O)CCN1CCC(C)CC1.O=C(O)C(=O)O. The van der Waals surface area contributed by atoms with Gasteiger partial charge in [0.15, 0.2) is 11.5 Å². The van der Waals surface area contributed by atoms with Gasteiger partial charge in [0, 0.05) is 23.9 Å². The summed E-state index contributed by atoms with van der Waals surface area (Å²) in [7, 11) is 3.14. The van der Waals surface area contributed by atoms with E-state index in [1.165, 1.54) is 24.2 Å². The van der Waals surface area contributed by atoms with Gasteiger partial charge in [-0.05, 0) is 56.5 Å². The van der Waals surface area contributed by atoms with Gasteiger partial charge in [-0.1, -0.05) is 13.0 Å². The van der Waals surface area contributed by atoms with Gasteiger partial charge < -0.3 is 34.6 Å². The van der Waals surface area contributed by atoms with Crippen molar-refractivity contribution in [1.82, 2.24) is 4.90 Å². The molecule has 1 aliphatic heterocycles. The van der Waals surface area contributed by atoms with Gasteiger partial charge in [-0.25, -0.2) is 14.4 Å². The van der Waals surface area contributed by atoms with Crippen molar-refractivity contribution in [3.05, 3.63) is 29.1 Å². The fourth-order valence-electron chi connectivity index (χ4n) is 3.81. The molecule has 0 radical (unpaired) electrons. The summed E-state index contributed by atoms with van der Waals surface area (Å²) in [6.45, 7) is 7.07. The molecule has 1 aromatic heterocycles. The van der Waals surface area contributed by atoms with Crippen LogP contribution in [0.5, 0.6) is 11.5 Å². The van der Waals surface area contributed by atoms with E-state index < -0.39 is 17.9 Å². The number of carbonyl (C=O) groups is 4. The Labute approximate surface area is 225 Å². The molecule has 1 saturated heterocycles. The van der Waals surface area contributed by atoms with Gasteiger partial charge in [0.1, 0.15) is 10.6 Å². The van der Waals surface area contributed by atoms with Gasteiger partial charge >= 0.3 is 17.9 Å². The smallest absolute Gasteiger partial charge is 0.414 e. The maximum absolute atomic E-state index is 12.8. The fraction of sp³-hybridized carbons (Fsp3) is 0.462. The normalized spacial score (nSPS) is 13.6. The molecule has 1 aliphatic rings. The van der Waals surface area contributed by atoms with Gasteiger partial charge in [-0.2, -0.15) is 0 Å². The number of carbonyl (C=O) groups excluding carboxylic acids is 2. The Morgan fingerprint density at radius 3 is 2.24 bits per heavy atom. The Kier molecular flexibility index (Phi) is 12.0. The zero-order valence-corrected chi connectivity index (χ0v) is 22.8. The van der Waals surface area contributed by atoms with Gasteiger partial charge in [0.2, 0.25) is 5.91 Å². The minimum atomic E-state index is -1.82. The first kappa shape index (κ1) is 30.6. The monoisotopic (exact) mass is 550 g/mol. The van der Waals surface area contributed by atoms with Crippen molar-refractivity contribution in [2.24, 2.45) is 5.92 Å². The van der Waals surface area contributed by atoms with Gasteiger partial charge in [-0.15, -0.1) is 11.3 Å². The lowest BCUT2D eigenvalue weighted by Crippen LogP contribution is -2.35. The molecule has 3 N–H and O–H groups in total. The molecule has 1 fully saturated rings. The topological polar surface area (TPSA) is 152 Å². The highest BCUT2D eigenvalue weighted by Gasteiger charge is 2.24. The molecule has 2 aromatic rings. The molecule has 0 atom stereocenters. The van der Waals surface area contributed by atoms with E-state index in [-0.39, 0.29) is 12.5 Å². The van der Waals surface area contributed by atoms with Crippen molar-refractivity contribution >= 4 is 40.2 Å². The van der Waals surface area contributed by atoms with Crippen LogP contribution in [0.2, 0.25) is 0 Å². The predicted octanol–water partition coefficient (Wildman–Crippen LogP) is 3.83. The second-order valence-corrected chi connectivity index (χ2v) is 9.46. The number of anilines is 1. The third kappa shape index (κ3) is 8.73. The van der Waals surface area contributed by atoms with E-state index in [0.29, 0.717) is 34.0 Å². The molecule has 0 unspecified atom stereocenters. The van der Waals surface area contributed by atoms with Crippen LogP contribution in [0, 0.1) is 5.92 Å². The molecule has 38 heavy (non-hydrogen) atoms. The largest absolute Gasteiger partial charge is 0.493 e. The molecule has 0 saturated carbocycles. The quantitative estimate of drug-likeness (QED) is 0.310. The summed E-state index contributed by atoms with van der Waals surface area (Å²) < 4.78 is 16.0. The number of methoxy groups -OCH3 is 2. The maximum atomic E-state index is 12.8. The molecule has 0 spiro atoms. The van der Waals surface area contributed by atoms with Crippen molar-refractivity contribution in [3.63, 3.8) is 0 Å². The van der Waals surface area contributed by atoms with E-state index >= 15 is 0 Å². The number of piperidine rings is 1. The number of nitrogens with zero attached hydrogens (tertiary/aromatic N) is 1. The zero-order valence-electron chi connectivity index (χ0n) is 21.9. The minimum Gasteiger partial charge on any atom is -0.493 e. The number of hydrogen-bond donors (Lipinski definition) is 3. The molecule has 12 heteroatoms. The molecule has 0 bridgehead atoms. The molecular formula is C26H34N2O9S. The predicted molar refractivity (Wildman–Crippen MR) is 142 cm³/mol. The number of carboxylic acid groups (broad SMARTS) is 2. The van der Waals surface area contributed by atoms with E-state index in [2.05, 4.69) is 17.1 Å². The highest BCUT2D eigenvalue weighted by molar-refractivity contribution is 7.15. The molecule has 1 aromatic carbocycles. The highest BCUT2D eigenvalue weighted by Crippen LogP contribution is 2.39. The zero-order chi connectivity index (χ0) is 28.2. The summed E-state index contributed by atoms with van der Waals surface area (Å²) in [4.78, 5) is 46.0. The molecule has 3 rings (SSSR count). The van der Waals surface area contributed by atoms with Crippen LogP contribution in [0.1, 0.15) is 43.5 Å². The van der Waals surface area contributed by atoms with Crippen molar-refractivity contribution in [2.45, 2.75) is 33.1 Å². The molecule has 2 heterocycles. The first-order valence-corrected chi connectivity index (χ1v) is 13.0. The van der Waals surface area contributed by atoms with Crippen molar-refractivity contribution in [2.75, 3.05) is 45.8 Å². The maximum Gasteiger partial charge on any atom is 0.414 e. The third-order valence-corrected chi connectivity index (χ3v) is 6.83. The summed E-state index contributed by atoms with van der Waals surface area (Å²) in [5.41, 5.74) is 1.84. The fourth-order valence-corrected chi connectivity index (χ4v) is 4.78. The van der Waals surface area contributed by atoms with Crippen molar-refractivity contribution < 1.29 is 43.6 Å². The van der Waals surface area contributed by atoms with E-state index in [0.717, 1.165) is 31.1 Å². The Morgan fingerprint density at radius 1 is 1.05 bits per heavy atom. The van der Waals surface area contributed by atoms with E-state index in [1.54, 1.807) is 27.2 Å². The number of hydrogen-bond acceptors (Lipinski definition) is 9. The number of likely N-dealkylation sites (tertiary alicyclic amines) is 1. The van der Waals surface area contributed by atoms with Crippen LogP contribution in [0.25, 0.3) is 11.1 Å². The molecular weight excluding hydrogens is 516 g/mol. The van der Waals surface area contributed by atoms with Gasteiger partial charge in [0.25, 0.3) is 0 Å². The van der Waals surface area contributed by atoms with Crippen molar-refractivity contribution in [3.8, 4) is 22.6 Å². The summed E-state index contributed by atoms with van der Waals surface area (Å²) >= 11 is 1.32. The molecule has 1 amide bonds. The van der Waals surface area contributed by atoms with Crippen LogP contribution in [-0.2, 0) is 19.1 Å². The summed E-state index contributed by atoms with van der Waals surface area (Å²) in [5.74, 6) is -2.29. The number of benzene rings is 1. The number of amides is 1. The highest BCUT2D eigenvalue weighted by atomic mass is 32.1. The first-order chi connectivity index (χ1) is 18.1. The lowest BCUT2D eigenvalue weighted by Gasteiger charge is -2.29. The lowest BCUT2D eigenvalue weighted by molar-refractivity contribution is -0.159. The van der Waals surface area contributed by atoms with Crippen molar-refractivity contribution in [1.29, 1.82) is 0 Å². The van der Waals surface area contributed by atoms with Crippen LogP contribution >= 0.6 is 11.3 Å². The summed E-state index contributed by atoms with van der Waals surface area (Å²) in [6.07, 6.45) is 2.74. The van der Waals surface area contributed by atoms with E-state index in [1.807, 2.05) is 17.5 Å². The number of carboxylic acids is 2. The average Bonchev–Trinajstić information content (AvgIpc) is 3.31. The van der Waals surface area contributed by atoms with Gasteiger partial charge in [-0.3, -0.25) is 4.79 Å². The van der Waals surface area contributed by atoms with Gasteiger partial charge in [0.05, 0.1) is 20.8 Å². The van der Waals surface area contributed by atoms with E-state index in [9.17, 15) is 9.59 Å². The Hall–Kier alpha value is -3.64. The molecule has 11 nitrogen and oxygen atoms in total. The van der Waals surface area contributed by atoms with Crippen LogP contribution in [0.15, 0.2) is 23.6 Å². The Morgan fingerprint density at radius 2 is 1.68 bits per heavy atom. The van der Waals surface area contributed by atoms with Crippen LogP contribution < -0.4 is 14.8 Å². The second-order valence-electron chi connectivity index (χ2n) is 8.58. The number of nitrogens with one attached hydrogen (secondary N) is 1. The number of esters is 1. The molecule has 208 valence electrons. The number of rotatable bonds is 9. The number of thiophene rings is 1. The summed E-state index contributed by atoms with van der Waals surface area (Å²) in [6, 6.07) is 5.46. The van der Waals surface area contributed by atoms with E-state index in [4.69, 9.17) is 34.0 Å². The number of aliphatic carboxylic acids is 2. The summed E-state index contributed by atoms with van der Waals surface area (Å²) in [5, 5.41) is 20.1. The van der Waals surface area contributed by atoms with Crippen LogP contribution in [0.3, 0.4) is 0 Å². The number of ether oxygens (including phenoxy) is 3. The molecule has 0 aliphatic carbocycles. The third-order valence-electron chi connectivity index (χ3n) is 5.93. The lowest BCUT2D eigenvalue weighted by atomic mass is 9.99. The van der Waals surface area contributed by atoms with Crippen LogP contribution in [-0.4, -0.2) is 79.4 Å². The Balaban J connectivity index is 0.000000757.